The third kappa shape index (κ3) is 5.54. The van der Waals surface area contributed by atoms with Crippen molar-refractivity contribution in [3.05, 3.63) is 89.5 Å². The van der Waals surface area contributed by atoms with Gasteiger partial charge in [-0.25, -0.2) is 9.97 Å². The smallest absolute Gasteiger partial charge is 0.351 e. The molecule has 184 valence electrons. The number of carbonyl (C=O) groups excluding carboxylic acids is 2. The van der Waals surface area contributed by atoms with E-state index in [9.17, 15) is 22.8 Å². The van der Waals surface area contributed by atoms with Crippen molar-refractivity contribution in [2.45, 2.75) is 26.1 Å². The van der Waals surface area contributed by atoms with Crippen LogP contribution in [0.5, 0.6) is 0 Å². The van der Waals surface area contributed by atoms with Gasteiger partial charge in [-0.1, -0.05) is 11.2 Å². The molecule has 0 aliphatic carbocycles. The lowest BCUT2D eigenvalue weighted by Gasteiger charge is -2.12. The molecule has 0 spiro atoms. The van der Waals surface area contributed by atoms with Crippen LogP contribution in [0.25, 0.3) is 11.3 Å². The number of benzene rings is 1. The molecule has 0 aliphatic rings. The Kier molecular flexibility index (Phi) is 6.77. The first-order valence-corrected chi connectivity index (χ1v) is 10.6. The number of hydrogen-bond donors (Lipinski definition) is 2. The topological polar surface area (TPSA) is 123 Å². The number of carbonyl (C=O) groups is 2. The molecule has 9 nitrogen and oxygen atoms in total. The molecule has 0 bridgehead atoms. The predicted molar refractivity (Wildman–Crippen MR) is 122 cm³/mol. The van der Waals surface area contributed by atoms with E-state index in [1.807, 2.05) is 0 Å². The van der Waals surface area contributed by atoms with Gasteiger partial charge in [-0.15, -0.1) is 0 Å². The number of alkyl halides is 3. The molecule has 36 heavy (non-hydrogen) atoms. The molecule has 2 amide bonds. The van der Waals surface area contributed by atoms with Gasteiger partial charge < -0.3 is 15.2 Å². The van der Waals surface area contributed by atoms with Crippen molar-refractivity contribution >= 4 is 17.5 Å². The summed E-state index contributed by atoms with van der Waals surface area (Å²) in [5.41, 5.74) is 0.774. The molecule has 0 saturated carbocycles. The van der Waals surface area contributed by atoms with E-state index in [4.69, 9.17) is 4.52 Å². The van der Waals surface area contributed by atoms with Gasteiger partial charge in [0.05, 0.1) is 17.3 Å². The highest BCUT2D eigenvalue weighted by Crippen LogP contribution is 2.33. The fourth-order valence-electron chi connectivity index (χ4n) is 3.30. The van der Waals surface area contributed by atoms with Crippen LogP contribution in [0.15, 0.2) is 65.7 Å². The molecule has 12 heteroatoms. The van der Waals surface area contributed by atoms with Crippen LogP contribution < -0.4 is 10.6 Å². The maximum absolute atomic E-state index is 13.1. The molecule has 0 saturated heterocycles. The fraction of sp³-hybridized carbons (Fsp3) is 0.167. The van der Waals surface area contributed by atoms with Gasteiger partial charge in [0, 0.05) is 29.7 Å². The zero-order valence-corrected chi connectivity index (χ0v) is 19.0. The number of nitrogens with one attached hydrogen (secondary N) is 2. The third-order valence-corrected chi connectivity index (χ3v) is 5.22. The summed E-state index contributed by atoms with van der Waals surface area (Å²) in [6, 6.07) is 9.09. The second-order valence-corrected chi connectivity index (χ2v) is 7.82. The molecular weight excluding hydrogens is 477 g/mol. The lowest BCUT2D eigenvalue weighted by molar-refractivity contribution is -0.138. The van der Waals surface area contributed by atoms with Crippen molar-refractivity contribution in [1.29, 1.82) is 0 Å². The minimum Gasteiger partial charge on any atom is -0.351 e. The van der Waals surface area contributed by atoms with E-state index >= 15 is 0 Å². The molecule has 1 unspecified atom stereocenters. The largest absolute Gasteiger partial charge is 0.416 e. The van der Waals surface area contributed by atoms with Crippen molar-refractivity contribution in [2.24, 2.45) is 0 Å². The number of rotatable bonds is 6. The summed E-state index contributed by atoms with van der Waals surface area (Å²) in [5, 5.41) is 8.85. The zero-order chi connectivity index (χ0) is 25.9. The maximum atomic E-state index is 13.1. The van der Waals surface area contributed by atoms with Crippen LogP contribution in [0.4, 0.5) is 18.9 Å². The van der Waals surface area contributed by atoms with Crippen LogP contribution in [-0.2, 0) is 6.18 Å². The van der Waals surface area contributed by atoms with Crippen LogP contribution in [-0.4, -0.2) is 31.9 Å². The van der Waals surface area contributed by atoms with Gasteiger partial charge in [0.25, 0.3) is 11.8 Å². The van der Waals surface area contributed by atoms with Gasteiger partial charge in [-0.05, 0) is 49.7 Å². The van der Waals surface area contributed by atoms with E-state index in [0.29, 0.717) is 5.69 Å². The monoisotopic (exact) mass is 496 g/mol. The summed E-state index contributed by atoms with van der Waals surface area (Å²) in [6.45, 7) is 2.95. The quantitative estimate of drug-likeness (QED) is 0.400. The van der Waals surface area contributed by atoms with Gasteiger partial charge in [0.15, 0.2) is 0 Å². The number of nitrogens with zero attached hydrogens (tertiary/aromatic N) is 4. The number of amides is 2. The first kappa shape index (κ1) is 24.5. The van der Waals surface area contributed by atoms with E-state index in [1.165, 1.54) is 37.5 Å². The number of hydrogen-bond acceptors (Lipinski definition) is 7. The summed E-state index contributed by atoms with van der Waals surface area (Å²) in [6.07, 6.45) is -0.0823. The number of pyridine rings is 1. The molecule has 0 aliphatic heterocycles. The fourth-order valence-corrected chi connectivity index (χ4v) is 3.30. The third-order valence-electron chi connectivity index (χ3n) is 5.22. The van der Waals surface area contributed by atoms with Gasteiger partial charge in [0.1, 0.15) is 17.7 Å². The van der Waals surface area contributed by atoms with Crippen LogP contribution in [0.2, 0.25) is 0 Å². The van der Waals surface area contributed by atoms with E-state index < -0.39 is 29.6 Å². The molecule has 1 atom stereocenters. The van der Waals surface area contributed by atoms with Crippen molar-refractivity contribution in [1.82, 2.24) is 25.4 Å². The van der Waals surface area contributed by atoms with E-state index in [1.54, 1.807) is 31.5 Å². The number of aryl methyl sites for hydroxylation is 1. The Morgan fingerprint density at radius 2 is 1.75 bits per heavy atom. The standard InChI is InChI=1S/C24H19F3N6O3/c1-13-3-4-16(9-17(13)24(25,26)27)32-23(35)21-11-18(33-36-21)14(2)31-22(34)20-10-19(29-12-30-20)15-5-7-28-8-6-15/h3-12,14H,1-2H3,(H,31,34)(H,32,35). The first-order chi connectivity index (χ1) is 17.1. The number of aromatic nitrogens is 4. The minimum absolute atomic E-state index is 0.0311. The average molecular weight is 496 g/mol. The highest BCUT2D eigenvalue weighted by atomic mass is 19.4. The first-order valence-electron chi connectivity index (χ1n) is 10.6. The van der Waals surface area contributed by atoms with Gasteiger partial charge in [-0.2, -0.15) is 13.2 Å². The molecule has 4 rings (SSSR count). The molecule has 0 radical (unpaired) electrons. The lowest BCUT2D eigenvalue weighted by atomic mass is 10.1. The zero-order valence-electron chi connectivity index (χ0n) is 19.0. The Morgan fingerprint density at radius 1 is 1.00 bits per heavy atom. The van der Waals surface area contributed by atoms with E-state index in [-0.39, 0.29) is 28.4 Å². The van der Waals surface area contributed by atoms with Crippen molar-refractivity contribution in [2.75, 3.05) is 5.32 Å². The highest BCUT2D eigenvalue weighted by Gasteiger charge is 2.32. The molecular formula is C24H19F3N6O3. The number of anilines is 1. The summed E-state index contributed by atoms with van der Waals surface area (Å²) in [7, 11) is 0. The Morgan fingerprint density at radius 3 is 2.47 bits per heavy atom. The molecule has 3 aromatic heterocycles. The molecule has 3 heterocycles. The van der Waals surface area contributed by atoms with Gasteiger partial charge in [0.2, 0.25) is 5.76 Å². The normalized spacial score (nSPS) is 12.1. The van der Waals surface area contributed by atoms with Crippen LogP contribution in [0.1, 0.15) is 50.8 Å². The van der Waals surface area contributed by atoms with Crippen molar-refractivity contribution < 1.29 is 27.3 Å². The van der Waals surface area contributed by atoms with Crippen molar-refractivity contribution in [3.63, 3.8) is 0 Å². The molecule has 4 aromatic rings. The Bertz CT molecular complexity index is 1410. The van der Waals surface area contributed by atoms with Crippen LogP contribution in [0, 0.1) is 6.92 Å². The Hall–Kier alpha value is -4.61. The van der Waals surface area contributed by atoms with Gasteiger partial charge >= 0.3 is 6.18 Å². The second-order valence-electron chi connectivity index (χ2n) is 7.82. The van der Waals surface area contributed by atoms with Crippen LogP contribution >= 0.6 is 0 Å². The number of halogens is 3. The maximum Gasteiger partial charge on any atom is 0.416 e. The predicted octanol–water partition coefficient (Wildman–Crippen LogP) is 4.60. The Labute approximate surface area is 202 Å². The van der Waals surface area contributed by atoms with Crippen LogP contribution in [0.3, 0.4) is 0 Å². The molecule has 0 fully saturated rings. The SMILES string of the molecule is Cc1ccc(NC(=O)c2cc(C(C)NC(=O)c3cc(-c4ccncc4)ncn3)no2)cc1C(F)(F)F. The summed E-state index contributed by atoms with van der Waals surface area (Å²) in [4.78, 5) is 37.3. The summed E-state index contributed by atoms with van der Waals surface area (Å²) in [5.74, 6) is -1.53. The summed E-state index contributed by atoms with van der Waals surface area (Å²) < 4.78 is 44.4. The van der Waals surface area contributed by atoms with Gasteiger partial charge in [-0.3, -0.25) is 14.6 Å². The molecule has 2 N–H and O–H groups in total. The van der Waals surface area contributed by atoms with E-state index in [0.717, 1.165) is 11.6 Å². The van der Waals surface area contributed by atoms with E-state index in [2.05, 4.69) is 30.7 Å². The summed E-state index contributed by atoms with van der Waals surface area (Å²) >= 11 is 0. The lowest BCUT2D eigenvalue weighted by Crippen LogP contribution is -2.27. The second kappa shape index (κ2) is 9.94. The van der Waals surface area contributed by atoms with Crippen molar-refractivity contribution in [3.8, 4) is 11.3 Å². The highest BCUT2D eigenvalue weighted by molar-refractivity contribution is 6.02. The average Bonchev–Trinajstić information content (AvgIpc) is 3.36. The minimum atomic E-state index is -4.55. The Balaban J connectivity index is 1.43. The molecule has 1 aromatic carbocycles.